The number of hydrogen-bond donors (Lipinski definition) is 2. The summed E-state index contributed by atoms with van der Waals surface area (Å²) in [7, 11) is -2.67. The zero-order chi connectivity index (χ0) is 43.9. The highest BCUT2D eigenvalue weighted by atomic mass is 31.2. The number of phosphoric ester groups is 1. The topological polar surface area (TPSA) is 120 Å². The van der Waals surface area contributed by atoms with E-state index in [-0.39, 0.29) is 32.0 Å². The van der Waals surface area contributed by atoms with Crippen molar-refractivity contribution < 1.29 is 37.6 Å². The maximum Gasteiger partial charge on any atom is 0.472 e. The van der Waals surface area contributed by atoms with Crippen LogP contribution < -0.4 is 5.32 Å². The monoisotopic (exact) mass is 864 g/mol. The second-order valence-corrected chi connectivity index (χ2v) is 17.4. The molecule has 0 aromatic heterocycles. The molecular formula is C50H90NO8P. The third kappa shape index (κ3) is 45.2. The van der Waals surface area contributed by atoms with Gasteiger partial charge in [-0.25, -0.2) is 4.57 Å². The molecule has 0 saturated heterocycles. The van der Waals surface area contributed by atoms with Gasteiger partial charge in [-0.3, -0.25) is 18.6 Å². The SMILES string of the molecule is CC/C=C\C/C=C\C/C=C\C/C=C\C/C=C\CCCC(=O)OC(COC(=O)CCCCCCCCCCCCCCCCCCCCCCC)COP(=O)(O)OCCNC. The second kappa shape index (κ2) is 46.2. The van der Waals surface area contributed by atoms with Crippen LogP contribution in [0.5, 0.6) is 0 Å². The van der Waals surface area contributed by atoms with Gasteiger partial charge in [0.2, 0.25) is 0 Å². The second-order valence-electron chi connectivity index (χ2n) is 15.9. The van der Waals surface area contributed by atoms with Crippen molar-refractivity contribution in [1.29, 1.82) is 0 Å². The number of ether oxygens (including phenoxy) is 2. The summed E-state index contributed by atoms with van der Waals surface area (Å²) >= 11 is 0. The van der Waals surface area contributed by atoms with E-state index in [0.29, 0.717) is 19.4 Å². The molecule has 2 atom stereocenters. The van der Waals surface area contributed by atoms with E-state index in [1.807, 2.05) is 6.08 Å². The number of nitrogens with one attached hydrogen (secondary N) is 1. The summed E-state index contributed by atoms with van der Waals surface area (Å²) in [4.78, 5) is 35.1. The summed E-state index contributed by atoms with van der Waals surface area (Å²) in [5.41, 5.74) is 0. The standard InChI is InChI=1S/C50H90NO8P/c1-4-6-8-10-12-14-16-18-20-22-23-24-25-27-28-30-32-34-36-38-40-42-49(52)56-46-48(47-58-60(54,55)57-45-44-51-3)59-50(53)43-41-39-37-35-33-31-29-26-21-19-17-15-13-11-9-7-5-2/h7,9,13,15,19,21,29,31,35,37,48,51H,4-6,8,10-12,14,16-18,20,22-28,30,32-34,36,38-47H2,1-3H3,(H,54,55)/b9-7-,15-13-,21-19-,31-29-,37-35-. The fraction of sp³-hybridized carbons (Fsp3) is 0.760. The minimum atomic E-state index is -4.37. The third-order valence-electron chi connectivity index (χ3n) is 10.2. The normalized spacial score (nSPS) is 13.7. The summed E-state index contributed by atoms with van der Waals surface area (Å²) < 4.78 is 33.2. The first-order valence-electron chi connectivity index (χ1n) is 24.2. The minimum Gasteiger partial charge on any atom is -0.462 e. The van der Waals surface area contributed by atoms with E-state index in [1.54, 1.807) is 7.05 Å². The van der Waals surface area contributed by atoms with Gasteiger partial charge in [0.25, 0.3) is 0 Å². The van der Waals surface area contributed by atoms with Crippen molar-refractivity contribution in [2.24, 2.45) is 0 Å². The molecule has 0 saturated carbocycles. The van der Waals surface area contributed by atoms with E-state index < -0.39 is 26.5 Å². The first kappa shape index (κ1) is 57.7. The predicted octanol–water partition coefficient (Wildman–Crippen LogP) is 14.3. The Labute approximate surface area is 368 Å². The van der Waals surface area contributed by atoms with Crippen molar-refractivity contribution in [1.82, 2.24) is 5.32 Å². The Morgan fingerprint density at radius 1 is 0.533 bits per heavy atom. The van der Waals surface area contributed by atoms with Crippen LogP contribution in [-0.2, 0) is 32.7 Å². The van der Waals surface area contributed by atoms with Gasteiger partial charge >= 0.3 is 19.8 Å². The highest BCUT2D eigenvalue weighted by Gasteiger charge is 2.26. The van der Waals surface area contributed by atoms with Crippen molar-refractivity contribution in [3.05, 3.63) is 60.8 Å². The minimum absolute atomic E-state index is 0.0287. The summed E-state index contributed by atoms with van der Waals surface area (Å²) in [6, 6.07) is 0. The van der Waals surface area contributed by atoms with Crippen molar-refractivity contribution >= 4 is 19.8 Å². The molecular weight excluding hydrogens is 774 g/mol. The lowest BCUT2D eigenvalue weighted by atomic mass is 10.0. The maximum atomic E-state index is 12.6. The van der Waals surface area contributed by atoms with E-state index in [4.69, 9.17) is 18.5 Å². The Morgan fingerprint density at radius 3 is 1.40 bits per heavy atom. The van der Waals surface area contributed by atoms with Crippen molar-refractivity contribution in [2.75, 3.05) is 33.4 Å². The molecule has 0 aromatic carbocycles. The molecule has 0 amide bonds. The zero-order valence-corrected chi connectivity index (χ0v) is 39.5. The summed E-state index contributed by atoms with van der Waals surface area (Å²) in [5.74, 6) is -0.870. The lowest BCUT2D eigenvalue weighted by Crippen LogP contribution is -2.29. The van der Waals surface area contributed by atoms with Gasteiger partial charge in [-0.15, -0.1) is 0 Å². The Bertz CT molecular complexity index is 1170. The number of allylic oxidation sites excluding steroid dienone is 10. The van der Waals surface area contributed by atoms with Gasteiger partial charge in [-0.2, -0.15) is 0 Å². The molecule has 0 bridgehead atoms. The molecule has 2 unspecified atom stereocenters. The molecule has 0 aliphatic heterocycles. The van der Waals surface area contributed by atoms with Crippen LogP contribution >= 0.6 is 7.82 Å². The van der Waals surface area contributed by atoms with Crippen LogP contribution in [0, 0.1) is 0 Å². The van der Waals surface area contributed by atoms with Crippen LogP contribution in [-0.4, -0.2) is 56.3 Å². The Balaban J connectivity index is 4.19. The van der Waals surface area contributed by atoms with Gasteiger partial charge in [-0.1, -0.05) is 203 Å². The fourth-order valence-corrected chi connectivity index (χ4v) is 7.28. The van der Waals surface area contributed by atoms with Crippen molar-refractivity contribution in [2.45, 2.75) is 213 Å². The Morgan fingerprint density at radius 2 is 0.950 bits per heavy atom. The quantitative estimate of drug-likeness (QED) is 0.0267. The molecule has 0 rings (SSSR count). The van der Waals surface area contributed by atoms with Crippen LogP contribution in [0.25, 0.3) is 0 Å². The van der Waals surface area contributed by atoms with Gasteiger partial charge in [0.15, 0.2) is 6.10 Å². The molecule has 0 aliphatic carbocycles. The van der Waals surface area contributed by atoms with Crippen molar-refractivity contribution in [3.8, 4) is 0 Å². The molecule has 0 spiro atoms. The molecule has 348 valence electrons. The fourth-order valence-electron chi connectivity index (χ4n) is 6.53. The number of likely N-dealkylation sites (N-methyl/N-ethyl adjacent to an activating group) is 1. The number of esters is 2. The summed E-state index contributed by atoms with van der Waals surface area (Å²) in [6.45, 7) is 4.07. The van der Waals surface area contributed by atoms with Crippen LogP contribution in [0.3, 0.4) is 0 Å². The molecule has 0 aromatic rings. The first-order chi connectivity index (χ1) is 29.3. The van der Waals surface area contributed by atoms with E-state index in [0.717, 1.165) is 51.4 Å². The van der Waals surface area contributed by atoms with E-state index >= 15 is 0 Å². The number of phosphoric acid groups is 1. The third-order valence-corrected chi connectivity index (χ3v) is 11.1. The largest absolute Gasteiger partial charge is 0.472 e. The molecule has 0 fully saturated rings. The maximum absolute atomic E-state index is 12.6. The molecule has 0 radical (unpaired) electrons. The molecule has 0 aliphatic rings. The number of unbranched alkanes of at least 4 members (excludes halogenated alkanes) is 21. The van der Waals surface area contributed by atoms with Gasteiger partial charge < -0.3 is 19.7 Å². The van der Waals surface area contributed by atoms with Gasteiger partial charge in [0.1, 0.15) is 6.61 Å². The van der Waals surface area contributed by atoms with Crippen LogP contribution in [0.4, 0.5) is 0 Å². The van der Waals surface area contributed by atoms with Crippen molar-refractivity contribution in [3.63, 3.8) is 0 Å². The molecule has 9 nitrogen and oxygen atoms in total. The highest BCUT2D eigenvalue weighted by molar-refractivity contribution is 7.47. The van der Waals surface area contributed by atoms with E-state index in [9.17, 15) is 19.0 Å². The highest BCUT2D eigenvalue weighted by Crippen LogP contribution is 2.43. The molecule has 0 heterocycles. The lowest BCUT2D eigenvalue weighted by molar-refractivity contribution is -0.161. The van der Waals surface area contributed by atoms with Gasteiger partial charge in [0.05, 0.1) is 13.2 Å². The molecule has 2 N–H and O–H groups in total. The Hall–Kier alpha value is -2.29. The summed E-state index contributed by atoms with van der Waals surface area (Å²) in [6.07, 6.45) is 54.3. The lowest BCUT2D eigenvalue weighted by Gasteiger charge is -2.20. The average Bonchev–Trinajstić information content (AvgIpc) is 3.23. The summed E-state index contributed by atoms with van der Waals surface area (Å²) in [5, 5.41) is 2.82. The smallest absolute Gasteiger partial charge is 0.462 e. The van der Waals surface area contributed by atoms with Gasteiger partial charge in [0, 0.05) is 19.4 Å². The van der Waals surface area contributed by atoms with Crippen LogP contribution in [0.15, 0.2) is 60.8 Å². The van der Waals surface area contributed by atoms with Crippen LogP contribution in [0.1, 0.15) is 206 Å². The Kier molecular flexibility index (Phi) is 44.5. The zero-order valence-electron chi connectivity index (χ0n) is 38.6. The predicted molar refractivity (Wildman–Crippen MR) is 252 cm³/mol. The van der Waals surface area contributed by atoms with Crippen LogP contribution in [0.2, 0.25) is 0 Å². The average molecular weight is 864 g/mol. The number of hydrogen-bond acceptors (Lipinski definition) is 8. The van der Waals surface area contributed by atoms with E-state index in [1.165, 1.54) is 116 Å². The number of carbonyl (C=O) groups excluding carboxylic acids is 2. The first-order valence-corrected chi connectivity index (χ1v) is 25.7. The number of rotatable bonds is 45. The molecule has 60 heavy (non-hydrogen) atoms. The van der Waals surface area contributed by atoms with Gasteiger partial charge in [-0.05, 0) is 58.4 Å². The molecule has 10 heteroatoms. The number of carbonyl (C=O) groups is 2. The van der Waals surface area contributed by atoms with E-state index in [2.05, 4.69) is 73.8 Å².